The molecule has 0 aliphatic heterocycles. The van der Waals surface area contributed by atoms with Gasteiger partial charge in [0, 0.05) is 16.6 Å². The second-order valence-electron chi connectivity index (χ2n) is 5.44. The van der Waals surface area contributed by atoms with Crippen molar-refractivity contribution in [1.82, 2.24) is 4.90 Å². The van der Waals surface area contributed by atoms with Gasteiger partial charge in [-0.2, -0.15) is 0 Å². The van der Waals surface area contributed by atoms with E-state index in [2.05, 4.69) is 43.3 Å². The number of hydrogen-bond acceptors (Lipinski definition) is 2. The summed E-state index contributed by atoms with van der Waals surface area (Å²) >= 11 is 0. The van der Waals surface area contributed by atoms with Crippen molar-refractivity contribution in [2.45, 2.75) is 11.7 Å². The lowest BCUT2D eigenvalue weighted by Crippen LogP contribution is -2.18. The molecule has 1 atom stereocenters. The summed E-state index contributed by atoms with van der Waals surface area (Å²) in [5.41, 5.74) is 2.26. The fourth-order valence-corrected chi connectivity index (χ4v) is 3.96. The summed E-state index contributed by atoms with van der Waals surface area (Å²) < 4.78 is 12.8. The van der Waals surface area contributed by atoms with E-state index in [1.165, 1.54) is 0 Å². The van der Waals surface area contributed by atoms with Gasteiger partial charge in [-0.1, -0.05) is 60.7 Å². The maximum absolute atomic E-state index is 12.8. The normalized spacial score (nSPS) is 12.8. The molecule has 2 aromatic rings. The van der Waals surface area contributed by atoms with Crippen LogP contribution < -0.4 is 0 Å². The third-order valence-corrected chi connectivity index (χ3v) is 5.18. The van der Waals surface area contributed by atoms with Crippen LogP contribution in [0.2, 0.25) is 0 Å². The zero-order valence-electron chi connectivity index (χ0n) is 12.7. The number of hydrogen-bond donors (Lipinski definition) is 0. The molecule has 2 nitrogen and oxygen atoms in total. The Hall–Kier alpha value is -1.45. The predicted molar refractivity (Wildman–Crippen MR) is 90.9 cm³/mol. The smallest absolute Gasteiger partial charge is 0.0846 e. The summed E-state index contributed by atoms with van der Waals surface area (Å²) in [5.74, 6) is 0.729. The third-order valence-electron chi connectivity index (χ3n) is 3.42. The molecule has 2 aromatic carbocycles. The first-order valence-corrected chi connectivity index (χ1v) is 8.68. The highest BCUT2D eigenvalue weighted by Gasteiger charge is 2.20. The molecule has 0 saturated carbocycles. The predicted octanol–water partition coefficient (Wildman–Crippen LogP) is 3.48. The SMILES string of the molecule is CN(C)CCC[S@@](=O)C(c1ccccc1)c1ccccc1. The molecule has 0 N–H and O–H groups in total. The van der Waals surface area contributed by atoms with Crippen LogP contribution in [0, 0.1) is 0 Å². The van der Waals surface area contributed by atoms with Gasteiger partial charge in [0.1, 0.15) is 0 Å². The zero-order chi connectivity index (χ0) is 15.1. The van der Waals surface area contributed by atoms with E-state index >= 15 is 0 Å². The van der Waals surface area contributed by atoms with Gasteiger partial charge < -0.3 is 4.90 Å². The highest BCUT2D eigenvalue weighted by atomic mass is 32.2. The lowest BCUT2D eigenvalue weighted by Gasteiger charge is -2.18. The van der Waals surface area contributed by atoms with Crippen LogP contribution in [0.3, 0.4) is 0 Å². The molecule has 21 heavy (non-hydrogen) atoms. The van der Waals surface area contributed by atoms with E-state index in [1.807, 2.05) is 36.4 Å². The number of nitrogens with zero attached hydrogens (tertiary/aromatic N) is 1. The Balaban J connectivity index is 2.19. The Bertz CT molecular complexity index is 514. The van der Waals surface area contributed by atoms with E-state index in [9.17, 15) is 4.21 Å². The average Bonchev–Trinajstić information content (AvgIpc) is 2.49. The van der Waals surface area contributed by atoms with E-state index in [1.54, 1.807) is 0 Å². The van der Waals surface area contributed by atoms with Gasteiger partial charge in [-0.25, -0.2) is 0 Å². The monoisotopic (exact) mass is 301 g/mol. The van der Waals surface area contributed by atoms with Crippen molar-refractivity contribution in [3.05, 3.63) is 71.8 Å². The Morgan fingerprint density at radius 3 is 1.81 bits per heavy atom. The van der Waals surface area contributed by atoms with Crippen molar-refractivity contribution in [1.29, 1.82) is 0 Å². The van der Waals surface area contributed by atoms with Crippen molar-refractivity contribution in [3.63, 3.8) is 0 Å². The summed E-state index contributed by atoms with van der Waals surface area (Å²) in [4.78, 5) is 2.14. The van der Waals surface area contributed by atoms with Crippen LogP contribution in [-0.4, -0.2) is 35.5 Å². The summed E-state index contributed by atoms with van der Waals surface area (Å²) in [6.07, 6.45) is 0.954. The molecule has 0 aliphatic rings. The first-order valence-electron chi connectivity index (χ1n) is 7.30. The fourth-order valence-electron chi connectivity index (χ4n) is 2.39. The molecule has 0 fully saturated rings. The van der Waals surface area contributed by atoms with E-state index < -0.39 is 10.8 Å². The van der Waals surface area contributed by atoms with Crippen molar-refractivity contribution in [3.8, 4) is 0 Å². The molecular formula is C18H23NOS. The lowest BCUT2D eigenvalue weighted by atomic mass is 10.0. The van der Waals surface area contributed by atoms with Gasteiger partial charge in [0.15, 0.2) is 0 Å². The summed E-state index contributed by atoms with van der Waals surface area (Å²) in [5, 5.41) is -0.0328. The summed E-state index contributed by atoms with van der Waals surface area (Å²) in [6.45, 7) is 0.974. The zero-order valence-corrected chi connectivity index (χ0v) is 13.6. The average molecular weight is 301 g/mol. The first kappa shape index (κ1) is 15.9. The van der Waals surface area contributed by atoms with Gasteiger partial charge in [0.2, 0.25) is 0 Å². The minimum Gasteiger partial charge on any atom is -0.309 e. The molecule has 0 aliphatic carbocycles. The standard InChI is InChI=1S/C18H23NOS/c1-19(2)14-9-15-21(20)18(16-10-5-3-6-11-16)17-12-7-4-8-13-17/h3-8,10-13,18H,9,14-15H2,1-2H3/t21-/m1/s1. The van der Waals surface area contributed by atoms with Crippen LogP contribution in [0.15, 0.2) is 60.7 Å². The molecule has 0 saturated heterocycles. The Labute approximate surface area is 130 Å². The summed E-state index contributed by atoms with van der Waals surface area (Å²) in [7, 11) is 3.20. The van der Waals surface area contributed by atoms with Crippen molar-refractivity contribution in [2.75, 3.05) is 26.4 Å². The fraction of sp³-hybridized carbons (Fsp3) is 0.333. The van der Waals surface area contributed by atoms with Crippen LogP contribution in [-0.2, 0) is 10.8 Å². The largest absolute Gasteiger partial charge is 0.309 e. The van der Waals surface area contributed by atoms with Gasteiger partial charge in [-0.05, 0) is 38.2 Å². The van der Waals surface area contributed by atoms with E-state index in [0.717, 1.165) is 29.8 Å². The molecule has 0 amide bonds. The molecule has 112 valence electrons. The van der Waals surface area contributed by atoms with Gasteiger partial charge >= 0.3 is 0 Å². The topological polar surface area (TPSA) is 20.3 Å². The number of rotatable bonds is 7. The highest BCUT2D eigenvalue weighted by Crippen LogP contribution is 2.28. The van der Waals surface area contributed by atoms with Crippen LogP contribution in [0.4, 0.5) is 0 Å². The second kappa shape index (κ2) is 8.11. The molecule has 0 spiro atoms. The van der Waals surface area contributed by atoms with E-state index in [4.69, 9.17) is 0 Å². The van der Waals surface area contributed by atoms with Crippen molar-refractivity contribution < 1.29 is 4.21 Å². The summed E-state index contributed by atoms with van der Waals surface area (Å²) in [6, 6.07) is 20.3. The quantitative estimate of drug-likeness (QED) is 0.780. The van der Waals surface area contributed by atoms with Crippen molar-refractivity contribution in [2.24, 2.45) is 0 Å². The second-order valence-corrected chi connectivity index (χ2v) is 7.08. The molecular weight excluding hydrogens is 278 g/mol. The Morgan fingerprint density at radius 2 is 1.38 bits per heavy atom. The minimum absolute atomic E-state index is 0.0328. The molecule has 0 radical (unpaired) electrons. The van der Waals surface area contributed by atoms with Gasteiger partial charge in [0.05, 0.1) is 5.25 Å². The van der Waals surface area contributed by atoms with Gasteiger partial charge in [-0.3, -0.25) is 4.21 Å². The molecule has 0 bridgehead atoms. The van der Waals surface area contributed by atoms with Crippen molar-refractivity contribution >= 4 is 10.8 Å². The van der Waals surface area contributed by atoms with E-state index in [-0.39, 0.29) is 5.25 Å². The maximum Gasteiger partial charge on any atom is 0.0846 e. The highest BCUT2D eigenvalue weighted by molar-refractivity contribution is 7.85. The first-order chi connectivity index (χ1) is 10.2. The molecule has 2 rings (SSSR count). The van der Waals surface area contributed by atoms with Crippen LogP contribution in [0.25, 0.3) is 0 Å². The molecule has 0 heterocycles. The van der Waals surface area contributed by atoms with Crippen LogP contribution >= 0.6 is 0 Å². The number of benzene rings is 2. The lowest BCUT2D eigenvalue weighted by molar-refractivity contribution is 0.409. The molecule has 0 aromatic heterocycles. The van der Waals surface area contributed by atoms with E-state index in [0.29, 0.717) is 0 Å². The molecule has 3 heteroatoms. The minimum atomic E-state index is -0.903. The Morgan fingerprint density at radius 1 is 0.905 bits per heavy atom. The van der Waals surface area contributed by atoms with Crippen LogP contribution in [0.5, 0.6) is 0 Å². The Kier molecular flexibility index (Phi) is 6.15. The van der Waals surface area contributed by atoms with Gasteiger partial charge in [-0.15, -0.1) is 0 Å². The van der Waals surface area contributed by atoms with Gasteiger partial charge in [0.25, 0.3) is 0 Å². The molecule has 0 unspecified atom stereocenters. The third kappa shape index (κ3) is 4.80. The maximum atomic E-state index is 12.8. The van der Waals surface area contributed by atoms with Crippen LogP contribution in [0.1, 0.15) is 22.8 Å².